The first kappa shape index (κ1) is 17.7. The first-order valence-electron chi connectivity index (χ1n) is 9.34. The van der Waals surface area contributed by atoms with Gasteiger partial charge in [0.05, 0.1) is 6.54 Å². The summed E-state index contributed by atoms with van der Waals surface area (Å²) in [7, 11) is 0. The van der Waals surface area contributed by atoms with Gasteiger partial charge in [0.1, 0.15) is 11.4 Å². The van der Waals surface area contributed by atoms with E-state index in [4.69, 9.17) is 4.74 Å². The summed E-state index contributed by atoms with van der Waals surface area (Å²) in [6, 6.07) is 9.82. The minimum Gasteiger partial charge on any atom is -0.352 e. The molecule has 2 aliphatic heterocycles. The fourth-order valence-corrected chi connectivity index (χ4v) is 3.96. The van der Waals surface area contributed by atoms with Crippen molar-refractivity contribution in [1.29, 1.82) is 0 Å². The SMILES string of the molecule is CC(=O)N1CCC2(CC1)O[C@H](C(=O)NCc1ccccc1)Cn1ccnc12. The van der Waals surface area contributed by atoms with Gasteiger partial charge in [-0.25, -0.2) is 4.98 Å². The van der Waals surface area contributed by atoms with Crippen LogP contribution in [0.3, 0.4) is 0 Å². The monoisotopic (exact) mass is 368 g/mol. The molecular weight excluding hydrogens is 344 g/mol. The van der Waals surface area contributed by atoms with Crippen LogP contribution in [0.1, 0.15) is 31.2 Å². The number of piperidine rings is 1. The van der Waals surface area contributed by atoms with Crippen molar-refractivity contribution < 1.29 is 14.3 Å². The van der Waals surface area contributed by atoms with Crippen LogP contribution < -0.4 is 5.32 Å². The average molecular weight is 368 g/mol. The molecule has 2 aliphatic rings. The maximum absolute atomic E-state index is 12.8. The van der Waals surface area contributed by atoms with E-state index >= 15 is 0 Å². The Morgan fingerprint density at radius 1 is 1.26 bits per heavy atom. The number of hydrogen-bond acceptors (Lipinski definition) is 4. The number of aromatic nitrogens is 2. The van der Waals surface area contributed by atoms with Gasteiger partial charge in [-0.3, -0.25) is 9.59 Å². The summed E-state index contributed by atoms with van der Waals surface area (Å²) in [4.78, 5) is 30.7. The smallest absolute Gasteiger partial charge is 0.251 e. The summed E-state index contributed by atoms with van der Waals surface area (Å²) in [6.45, 7) is 3.73. The molecule has 3 heterocycles. The Morgan fingerprint density at radius 2 is 2.00 bits per heavy atom. The van der Waals surface area contributed by atoms with Crippen LogP contribution in [-0.4, -0.2) is 45.5 Å². The molecule has 0 radical (unpaired) electrons. The molecule has 1 N–H and O–H groups in total. The van der Waals surface area contributed by atoms with Crippen molar-refractivity contribution in [3.8, 4) is 0 Å². The van der Waals surface area contributed by atoms with Crippen molar-refractivity contribution in [2.24, 2.45) is 0 Å². The van der Waals surface area contributed by atoms with E-state index in [2.05, 4.69) is 10.3 Å². The molecule has 1 aromatic heterocycles. The molecule has 1 fully saturated rings. The van der Waals surface area contributed by atoms with Gasteiger partial charge < -0.3 is 19.5 Å². The van der Waals surface area contributed by atoms with E-state index in [1.807, 2.05) is 46.0 Å². The molecule has 27 heavy (non-hydrogen) atoms. The van der Waals surface area contributed by atoms with Gasteiger partial charge in [-0.05, 0) is 5.56 Å². The second kappa shape index (κ2) is 7.15. The minimum atomic E-state index is -0.609. The number of carbonyl (C=O) groups excluding carboxylic acids is 2. The Kier molecular flexibility index (Phi) is 4.70. The lowest BCUT2D eigenvalue weighted by Gasteiger charge is -2.45. The van der Waals surface area contributed by atoms with Gasteiger partial charge in [-0.2, -0.15) is 0 Å². The highest BCUT2D eigenvalue weighted by Crippen LogP contribution is 2.40. The van der Waals surface area contributed by atoms with E-state index in [0.717, 1.165) is 11.4 Å². The normalized spacial score (nSPS) is 20.9. The highest BCUT2D eigenvalue weighted by atomic mass is 16.5. The molecule has 7 heteroatoms. The maximum atomic E-state index is 12.8. The molecule has 2 aromatic rings. The predicted octanol–water partition coefficient (Wildman–Crippen LogP) is 1.44. The van der Waals surface area contributed by atoms with E-state index < -0.39 is 11.7 Å². The molecule has 0 saturated carbocycles. The van der Waals surface area contributed by atoms with Crippen LogP contribution in [0.25, 0.3) is 0 Å². The van der Waals surface area contributed by atoms with Crippen LogP contribution in [-0.2, 0) is 33.0 Å². The zero-order chi connectivity index (χ0) is 18.9. The summed E-state index contributed by atoms with van der Waals surface area (Å²) in [6.07, 6.45) is 4.37. The molecule has 142 valence electrons. The number of nitrogens with one attached hydrogen (secondary N) is 1. The van der Waals surface area contributed by atoms with Crippen molar-refractivity contribution in [3.05, 3.63) is 54.1 Å². The van der Waals surface area contributed by atoms with Gasteiger partial charge in [0.15, 0.2) is 6.10 Å². The molecule has 0 aliphatic carbocycles. The van der Waals surface area contributed by atoms with E-state index in [0.29, 0.717) is 39.0 Å². The molecule has 1 aromatic carbocycles. The van der Waals surface area contributed by atoms with E-state index in [1.54, 1.807) is 13.1 Å². The first-order chi connectivity index (χ1) is 13.1. The zero-order valence-corrected chi connectivity index (χ0v) is 15.4. The quantitative estimate of drug-likeness (QED) is 0.889. The Bertz CT molecular complexity index is 825. The number of carbonyl (C=O) groups is 2. The van der Waals surface area contributed by atoms with Crippen molar-refractivity contribution in [2.75, 3.05) is 13.1 Å². The predicted molar refractivity (Wildman–Crippen MR) is 98.6 cm³/mol. The molecule has 2 amide bonds. The summed E-state index contributed by atoms with van der Waals surface area (Å²) >= 11 is 0. The van der Waals surface area contributed by atoms with Gasteiger partial charge in [-0.1, -0.05) is 30.3 Å². The lowest BCUT2D eigenvalue weighted by Crippen LogP contribution is -2.54. The number of rotatable bonds is 3. The maximum Gasteiger partial charge on any atom is 0.251 e. The topological polar surface area (TPSA) is 76.5 Å². The Hall–Kier alpha value is -2.67. The van der Waals surface area contributed by atoms with Crippen LogP contribution in [0.2, 0.25) is 0 Å². The van der Waals surface area contributed by atoms with Crippen LogP contribution in [0, 0.1) is 0 Å². The third-order valence-corrected chi connectivity index (χ3v) is 5.47. The van der Waals surface area contributed by atoms with E-state index in [-0.39, 0.29) is 11.8 Å². The fourth-order valence-electron chi connectivity index (χ4n) is 3.96. The number of nitrogens with zero attached hydrogens (tertiary/aromatic N) is 3. The second-order valence-electron chi connectivity index (χ2n) is 7.21. The fraction of sp³-hybridized carbons (Fsp3) is 0.450. The summed E-state index contributed by atoms with van der Waals surface area (Å²) in [5.41, 5.74) is 0.442. The number of amides is 2. The van der Waals surface area contributed by atoms with Gasteiger partial charge in [0.25, 0.3) is 5.91 Å². The molecule has 1 saturated heterocycles. The van der Waals surface area contributed by atoms with E-state index in [9.17, 15) is 9.59 Å². The molecular formula is C20H24N4O3. The van der Waals surface area contributed by atoms with Gasteiger partial charge in [0.2, 0.25) is 5.91 Å². The van der Waals surface area contributed by atoms with Crippen molar-refractivity contribution in [2.45, 2.75) is 44.6 Å². The van der Waals surface area contributed by atoms with Gasteiger partial charge >= 0.3 is 0 Å². The number of ether oxygens (including phenoxy) is 1. The first-order valence-corrected chi connectivity index (χ1v) is 9.34. The summed E-state index contributed by atoms with van der Waals surface area (Å²) in [5.74, 6) is 0.811. The summed E-state index contributed by atoms with van der Waals surface area (Å²) < 4.78 is 8.36. The lowest BCUT2D eigenvalue weighted by molar-refractivity contribution is -0.175. The summed E-state index contributed by atoms with van der Waals surface area (Å²) in [5, 5.41) is 2.98. The molecule has 1 atom stereocenters. The molecule has 0 bridgehead atoms. The highest BCUT2D eigenvalue weighted by molar-refractivity contribution is 5.81. The Balaban J connectivity index is 1.48. The molecule has 4 rings (SSSR count). The Morgan fingerprint density at radius 3 is 2.70 bits per heavy atom. The third-order valence-electron chi connectivity index (χ3n) is 5.47. The third kappa shape index (κ3) is 3.47. The lowest BCUT2D eigenvalue weighted by atomic mass is 9.88. The highest BCUT2D eigenvalue weighted by Gasteiger charge is 2.47. The number of imidazole rings is 1. The number of fused-ring (bicyclic) bond motifs is 2. The zero-order valence-electron chi connectivity index (χ0n) is 15.4. The van der Waals surface area contributed by atoms with Crippen LogP contribution in [0.4, 0.5) is 0 Å². The van der Waals surface area contributed by atoms with Crippen molar-refractivity contribution >= 4 is 11.8 Å². The van der Waals surface area contributed by atoms with Crippen molar-refractivity contribution in [3.63, 3.8) is 0 Å². The van der Waals surface area contributed by atoms with Gasteiger partial charge in [-0.15, -0.1) is 0 Å². The van der Waals surface area contributed by atoms with Gasteiger partial charge in [0, 0.05) is 51.8 Å². The second-order valence-corrected chi connectivity index (χ2v) is 7.21. The van der Waals surface area contributed by atoms with Crippen LogP contribution in [0.15, 0.2) is 42.7 Å². The number of likely N-dealkylation sites (tertiary alicyclic amines) is 1. The standard InChI is InChI=1S/C20H24N4O3/c1-15(25)23-10-7-20(8-11-23)19-21-9-12-24(19)14-17(27-20)18(26)22-13-16-5-3-2-4-6-16/h2-6,9,12,17H,7-8,10-11,13-14H2,1H3,(H,22,26)/t17-/m0/s1. The van der Waals surface area contributed by atoms with Crippen LogP contribution in [0.5, 0.6) is 0 Å². The molecule has 7 nitrogen and oxygen atoms in total. The Labute approximate surface area is 158 Å². The van der Waals surface area contributed by atoms with Crippen molar-refractivity contribution in [1.82, 2.24) is 19.8 Å². The number of benzene rings is 1. The minimum absolute atomic E-state index is 0.0705. The number of hydrogen-bond donors (Lipinski definition) is 1. The largest absolute Gasteiger partial charge is 0.352 e. The molecule has 1 spiro atoms. The van der Waals surface area contributed by atoms with E-state index in [1.165, 1.54) is 0 Å². The average Bonchev–Trinajstić information content (AvgIpc) is 3.17. The molecule has 0 unspecified atom stereocenters. The van der Waals surface area contributed by atoms with Crippen LogP contribution >= 0.6 is 0 Å².